The molecule has 0 unspecified atom stereocenters. The van der Waals surface area contributed by atoms with Crippen LogP contribution in [-0.4, -0.2) is 17.8 Å². The number of hydrogen-bond acceptors (Lipinski definition) is 2. The summed E-state index contributed by atoms with van der Waals surface area (Å²) in [4.78, 5) is 11.0. The molecule has 0 aromatic heterocycles. The number of rotatable bonds is 5. The van der Waals surface area contributed by atoms with Gasteiger partial charge in [0.15, 0.2) is 0 Å². The lowest BCUT2D eigenvalue weighted by molar-refractivity contribution is -0.114. The fraction of sp³-hybridized carbons (Fsp3) is 0.533. The summed E-state index contributed by atoms with van der Waals surface area (Å²) in [5.41, 5.74) is 1.06. The number of halogens is 1. The monoisotopic (exact) mass is 325 g/mol. The summed E-state index contributed by atoms with van der Waals surface area (Å²) in [6, 6.07) is 7.57. The molecule has 19 heavy (non-hydrogen) atoms. The minimum atomic E-state index is -0.0649. The van der Waals surface area contributed by atoms with Crippen LogP contribution in [0.1, 0.15) is 32.6 Å². The Labute approximate surface area is 122 Å². The third-order valence-corrected chi connectivity index (χ3v) is 4.84. The average molecular weight is 326 g/mol. The highest BCUT2D eigenvalue weighted by molar-refractivity contribution is 9.09. The van der Waals surface area contributed by atoms with Crippen LogP contribution in [0.25, 0.3) is 0 Å². The molecular weight excluding hydrogens is 306 g/mol. The molecule has 0 saturated heterocycles. The van der Waals surface area contributed by atoms with E-state index in [2.05, 4.69) is 21.2 Å². The highest BCUT2D eigenvalue weighted by Crippen LogP contribution is 2.40. The van der Waals surface area contributed by atoms with Crippen molar-refractivity contribution in [1.82, 2.24) is 0 Å². The van der Waals surface area contributed by atoms with E-state index in [0.717, 1.165) is 23.4 Å². The van der Waals surface area contributed by atoms with Crippen LogP contribution in [0.2, 0.25) is 0 Å². The summed E-state index contributed by atoms with van der Waals surface area (Å²) in [5, 5.41) is 3.76. The predicted molar refractivity (Wildman–Crippen MR) is 80.9 cm³/mol. The number of anilines is 1. The summed E-state index contributed by atoms with van der Waals surface area (Å²) in [6.07, 6.45) is 5.04. The molecule has 0 bridgehead atoms. The number of alkyl halides is 1. The van der Waals surface area contributed by atoms with Crippen molar-refractivity contribution in [3.63, 3.8) is 0 Å². The molecule has 1 aliphatic carbocycles. The van der Waals surface area contributed by atoms with Crippen molar-refractivity contribution < 1.29 is 9.53 Å². The van der Waals surface area contributed by atoms with Crippen molar-refractivity contribution >= 4 is 27.5 Å². The number of carbonyl (C=O) groups excluding carboxylic acids is 1. The fourth-order valence-electron chi connectivity index (χ4n) is 2.54. The molecule has 104 valence electrons. The molecule has 0 radical (unpaired) electrons. The highest BCUT2D eigenvalue weighted by atomic mass is 79.9. The lowest BCUT2D eigenvalue weighted by atomic mass is 9.90. The Kier molecular flexibility index (Phi) is 4.86. The number of benzene rings is 1. The van der Waals surface area contributed by atoms with E-state index < -0.39 is 0 Å². The van der Waals surface area contributed by atoms with Crippen LogP contribution in [0.15, 0.2) is 24.3 Å². The van der Waals surface area contributed by atoms with E-state index in [1.165, 1.54) is 32.6 Å². The molecule has 2 rings (SSSR count). The van der Waals surface area contributed by atoms with E-state index in [1.807, 2.05) is 24.3 Å². The first-order valence-electron chi connectivity index (χ1n) is 6.70. The minimum absolute atomic E-state index is 0.0649. The highest BCUT2D eigenvalue weighted by Gasteiger charge is 2.33. The smallest absolute Gasteiger partial charge is 0.221 e. The Bertz CT molecular complexity index is 442. The van der Waals surface area contributed by atoms with Gasteiger partial charge in [-0.25, -0.2) is 0 Å². The van der Waals surface area contributed by atoms with Gasteiger partial charge in [0.05, 0.1) is 6.61 Å². The molecule has 4 heteroatoms. The first kappa shape index (κ1) is 14.4. The molecule has 1 fully saturated rings. The second kappa shape index (κ2) is 6.42. The van der Waals surface area contributed by atoms with Crippen LogP contribution in [0.5, 0.6) is 5.75 Å². The minimum Gasteiger partial charge on any atom is -0.493 e. The number of hydrogen-bond donors (Lipinski definition) is 1. The molecule has 1 aromatic carbocycles. The zero-order chi connectivity index (χ0) is 13.7. The molecule has 1 amide bonds. The maximum absolute atomic E-state index is 11.0. The standard InChI is InChI=1S/C15H20BrNO2/c1-12(18)17-13-5-4-6-14(9-13)19-11-15(10-16)7-2-3-8-15/h4-6,9H,2-3,7-8,10-11H2,1H3,(H,17,18). The van der Waals surface area contributed by atoms with Gasteiger partial charge in [-0.05, 0) is 25.0 Å². The Hall–Kier alpha value is -1.03. The molecule has 1 aliphatic rings. The fourth-order valence-corrected chi connectivity index (χ4v) is 3.27. The van der Waals surface area contributed by atoms with Crippen LogP contribution < -0.4 is 10.1 Å². The third kappa shape index (κ3) is 3.96. The number of amides is 1. The summed E-state index contributed by atoms with van der Waals surface area (Å²) >= 11 is 3.62. The van der Waals surface area contributed by atoms with Gasteiger partial charge in [0.1, 0.15) is 5.75 Å². The van der Waals surface area contributed by atoms with E-state index in [4.69, 9.17) is 4.74 Å². The van der Waals surface area contributed by atoms with Crippen molar-refractivity contribution in [2.75, 3.05) is 17.3 Å². The summed E-state index contributed by atoms with van der Waals surface area (Å²) in [7, 11) is 0. The Balaban J connectivity index is 1.97. The van der Waals surface area contributed by atoms with Gasteiger partial charge in [-0.2, -0.15) is 0 Å². The normalized spacial score (nSPS) is 17.2. The average Bonchev–Trinajstić information content (AvgIpc) is 2.86. The SMILES string of the molecule is CC(=O)Nc1cccc(OCC2(CBr)CCCC2)c1. The van der Waals surface area contributed by atoms with Crippen LogP contribution in [0.3, 0.4) is 0 Å². The first-order valence-corrected chi connectivity index (χ1v) is 7.82. The quantitative estimate of drug-likeness (QED) is 0.831. The lowest BCUT2D eigenvalue weighted by Gasteiger charge is -2.26. The van der Waals surface area contributed by atoms with E-state index in [0.29, 0.717) is 0 Å². The molecular formula is C15H20BrNO2. The molecule has 0 aliphatic heterocycles. The van der Waals surface area contributed by atoms with Gasteiger partial charge in [0, 0.05) is 29.4 Å². The topological polar surface area (TPSA) is 38.3 Å². The Morgan fingerprint density at radius 3 is 2.79 bits per heavy atom. The summed E-state index contributed by atoms with van der Waals surface area (Å²) in [5.74, 6) is 0.753. The van der Waals surface area contributed by atoms with Crippen LogP contribution in [-0.2, 0) is 4.79 Å². The van der Waals surface area contributed by atoms with E-state index in [1.54, 1.807) is 0 Å². The van der Waals surface area contributed by atoms with Gasteiger partial charge in [-0.15, -0.1) is 0 Å². The Morgan fingerprint density at radius 1 is 1.42 bits per heavy atom. The second-order valence-electron chi connectivity index (χ2n) is 5.34. The van der Waals surface area contributed by atoms with Crippen molar-refractivity contribution in [1.29, 1.82) is 0 Å². The molecule has 3 nitrogen and oxygen atoms in total. The van der Waals surface area contributed by atoms with Gasteiger partial charge < -0.3 is 10.1 Å². The van der Waals surface area contributed by atoms with E-state index in [9.17, 15) is 4.79 Å². The van der Waals surface area contributed by atoms with Crippen molar-refractivity contribution in [3.05, 3.63) is 24.3 Å². The number of ether oxygens (including phenoxy) is 1. The molecule has 0 atom stereocenters. The summed E-state index contributed by atoms with van der Waals surface area (Å²) in [6.45, 7) is 2.24. The Morgan fingerprint density at radius 2 is 2.16 bits per heavy atom. The largest absolute Gasteiger partial charge is 0.493 e. The predicted octanol–water partition coefficient (Wildman–Crippen LogP) is 3.98. The van der Waals surface area contributed by atoms with Gasteiger partial charge in [-0.3, -0.25) is 4.79 Å². The second-order valence-corrected chi connectivity index (χ2v) is 5.90. The number of nitrogens with one attached hydrogen (secondary N) is 1. The van der Waals surface area contributed by atoms with Gasteiger partial charge in [0.25, 0.3) is 0 Å². The third-order valence-electron chi connectivity index (χ3n) is 3.65. The van der Waals surface area contributed by atoms with Gasteiger partial charge in [0.2, 0.25) is 5.91 Å². The maximum Gasteiger partial charge on any atom is 0.221 e. The lowest BCUT2D eigenvalue weighted by Crippen LogP contribution is -2.27. The zero-order valence-electron chi connectivity index (χ0n) is 11.2. The molecule has 1 aromatic rings. The molecule has 0 heterocycles. The zero-order valence-corrected chi connectivity index (χ0v) is 12.8. The van der Waals surface area contributed by atoms with Gasteiger partial charge in [-0.1, -0.05) is 34.8 Å². The molecule has 1 N–H and O–H groups in total. The number of carbonyl (C=O) groups is 1. The first-order chi connectivity index (χ1) is 9.13. The van der Waals surface area contributed by atoms with Crippen LogP contribution >= 0.6 is 15.9 Å². The molecule has 0 spiro atoms. The van der Waals surface area contributed by atoms with Crippen LogP contribution in [0.4, 0.5) is 5.69 Å². The van der Waals surface area contributed by atoms with E-state index >= 15 is 0 Å². The van der Waals surface area contributed by atoms with Crippen molar-refractivity contribution in [2.24, 2.45) is 5.41 Å². The molecule has 1 saturated carbocycles. The van der Waals surface area contributed by atoms with Crippen molar-refractivity contribution in [2.45, 2.75) is 32.6 Å². The van der Waals surface area contributed by atoms with Crippen LogP contribution in [0, 0.1) is 5.41 Å². The van der Waals surface area contributed by atoms with Gasteiger partial charge >= 0.3 is 0 Å². The van der Waals surface area contributed by atoms with E-state index in [-0.39, 0.29) is 11.3 Å². The summed E-state index contributed by atoms with van der Waals surface area (Å²) < 4.78 is 5.93. The van der Waals surface area contributed by atoms with Crippen molar-refractivity contribution in [3.8, 4) is 5.75 Å². The maximum atomic E-state index is 11.0.